The van der Waals surface area contributed by atoms with E-state index in [-0.39, 0.29) is 62.0 Å². The van der Waals surface area contributed by atoms with E-state index in [2.05, 4.69) is 122 Å². The number of benzene rings is 6. The third-order valence-electron chi connectivity index (χ3n) is 12.3. The van der Waals surface area contributed by atoms with Crippen molar-refractivity contribution >= 4 is 33.5 Å². The predicted octanol–water partition coefficient (Wildman–Crippen LogP) is 9.69. The Morgan fingerprint density at radius 1 is 0.465 bits per heavy atom. The Morgan fingerprint density at radius 3 is 1.23 bits per heavy atom. The first-order chi connectivity index (χ1) is 34.1. The van der Waals surface area contributed by atoms with Gasteiger partial charge in [-0.3, -0.25) is 0 Å². The lowest BCUT2D eigenvalue weighted by Crippen LogP contribution is -2.29. The molecular weight excluding hydrogens is 901 g/mol. The van der Waals surface area contributed by atoms with Crippen LogP contribution < -0.4 is 9.47 Å². The van der Waals surface area contributed by atoms with Gasteiger partial charge in [-0.1, -0.05) is 98.1 Å². The Bertz CT molecular complexity index is 2630. The largest absolute Gasteiger partial charge is 0.491 e. The lowest BCUT2D eigenvalue weighted by molar-refractivity contribution is -0.144. The minimum absolute atomic E-state index is 0.00467. The van der Waals surface area contributed by atoms with Gasteiger partial charge < -0.3 is 48.1 Å². The Kier molecular flexibility index (Phi) is 17.8. The molecule has 0 bridgehead atoms. The van der Waals surface area contributed by atoms with Gasteiger partial charge in [-0.25, -0.2) is 9.59 Å². The van der Waals surface area contributed by atoms with Crippen molar-refractivity contribution in [2.24, 2.45) is 0 Å². The summed E-state index contributed by atoms with van der Waals surface area (Å²) in [5.41, 5.74) is 7.12. The van der Waals surface area contributed by atoms with Crippen molar-refractivity contribution < 1.29 is 57.7 Å². The quantitative estimate of drug-likeness (QED) is 0.0393. The smallest absolute Gasteiger partial charge is 0.333 e. The van der Waals surface area contributed by atoms with Gasteiger partial charge in [0.15, 0.2) is 0 Å². The van der Waals surface area contributed by atoms with Crippen molar-refractivity contribution in [1.29, 1.82) is 0 Å². The van der Waals surface area contributed by atoms with Gasteiger partial charge in [0.05, 0.1) is 56.3 Å². The molecule has 0 saturated carbocycles. The van der Waals surface area contributed by atoms with Crippen molar-refractivity contribution in [2.75, 3.05) is 52.9 Å². The van der Waals surface area contributed by atoms with Crippen LogP contribution >= 0.6 is 0 Å². The molecule has 0 heterocycles. The molecule has 12 nitrogen and oxygen atoms in total. The van der Waals surface area contributed by atoms with Crippen LogP contribution in [0.1, 0.15) is 63.8 Å². The molecule has 71 heavy (non-hydrogen) atoms. The summed E-state index contributed by atoms with van der Waals surface area (Å²) in [6, 6.07) is 43.2. The maximum absolute atomic E-state index is 11.6. The molecule has 0 aliphatic heterocycles. The van der Waals surface area contributed by atoms with E-state index < -0.39 is 29.6 Å². The van der Waals surface area contributed by atoms with Gasteiger partial charge in [-0.2, -0.15) is 0 Å². The number of aliphatic hydroxyl groups is 2. The minimum Gasteiger partial charge on any atom is -0.491 e. The lowest BCUT2D eigenvalue weighted by atomic mass is 9.67. The Hall–Kier alpha value is -6.38. The summed E-state index contributed by atoms with van der Waals surface area (Å²) in [5.74, 6) is 0.369. The summed E-state index contributed by atoms with van der Waals surface area (Å²) in [4.78, 5) is 23.2. The summed E-state index contributed by atoms with van der Waals surface area (Å²) >= 11 is 0. The Labute approximate surface area is 416 Å². The Morgan fingerprint density at radius 2 is 0.817 bits per heavy atom. The summed E-state index contributed by atoms with van der Waals surface area (Å²) in [5, 5.41) is 24.5. The van der Waals surface area contributed by atoms with Gasteiger partial charge in [-0.05, 0) is 133 Å². The first-order valence-corrected chi connectivity index (χ1v) is 24.1. The number of hydrogen-bond donors (Lipinski definition) is 2. The molecule has 0 radical (unpaired) electrons. The van der Waals surface area contributed by atoms with E-state index in [1.807, 2.05) is 39.8 Å². The van der Waals surface area contributed by atoms with Crippen LogP contribution in [0, 0.1) is 0 Å². The van der Waals surface area contributed by atoms with Gasteiger partial charge in [0.25, 0.3) is 0 Å². The summed E-state index contributed by atoms with van der Waals surface area (Å²) < 4.78 is 45.8. The van der Waals surface area contributed by atoms with Crippen LogP contribution in [0.4, 0.5) is 0 Å². The highest BCUT2D eigenvalue weighted by molar-refractivity contribution is 5.92. The summed E-state index contributed by atoms with van der Waals surface area (Å²) in [6.07, 6.45) is -2.94. The van der Waals surface area contributed by atoms with E-state index in [9.17, 15) is 19.8 Å². The molecule has 0 fully saturated rings. The third kappa shape index (κ3) is 13.1. The van der Waals surface area contributed by atoms with Crippen molar-refractivity contribution in [3.05, 3.63) is 168 Å². The van der Waals surface area contributed by atoms with Gasteiger partial charge >= 0.3 is 11.9 Å². The van der Waals surface area contributed by atoms with E-state index in [1.165, 1.54) is 22.3 Å². The van der Waals surface area contributed by atoms with Gasteiger partial charge in [0, 0.05) is 11.1 Å². The van der Waals surface area contributed by atoms with Gasteiger partial charge in [0.1, 0.15) is 50.1 Å². The summed E-state index contributed by atoms with van der Waals surface area (Å²) in [7, 11) is 0. The van der Waals surface area contributed by atoms with Crippen molar-refractivity contribution in [3.8, 4) is 22.6 Å². The molecule has 1 aliphatic carbocycles. The lowest BCUT2D eigenvalue weighted by Gasteiger charge is -2.34. The van der Waals surface area contributed by atoms with Crippen LogP contribution in [0.15, 0.2) is 146 Å². The van der Waals surface area contributed by atoms with E-state index >= 15 is 0 Å². The second-order valence-corrected chi connectivity index (χ2v) is 18.6. The molecule has 2 N–H and O–H groups in total. The maximum Gasteiger partial charge on any atom is 0.333 e. The number of carbonyl (C=O) groups excluding carboxylic acids is 2. The molecule has 6 aromatic rings. The average molecular weight is 967 g/mol. The van der Waals surface area contributed by atoms with E-state index in [0.717, 1.165) is 44.2 Å². The predicted molar refractivity (Wildman–Crippen MR) is 275 cm³/mol. The molecular formula is C59H66O12. The molecule has 374 valence electrons. The van der Waals surface area contributed by atoms with Crippen LogP contribution in [0.2, 0.25) is 0 Å². The number of carbonyl (C=O) groups is 2. The fourth-order valence-electron chi connectivity index (χ4n) is 8.57. The Balaban J connectivity index is 1.01. The topological polar surface area (TPSA) is 148 Å². The molecule has 0 amide bonds. The number of hydrogen-bond acceptors (Lipinski definition) is 12. The molecule has 12 heteroatoms. The van der Waals surface area contributed by atoms with Crippen LogP contribution in [0.3, 0.4) is 0 Å². The van der Waals surface area contributed by atoms with Gasteiger partial charge in [-0.15, -0.1) is 0 Å². The molecule has 6 atom stereocenters. The standard InChI is InChI=1S/C59H66O12/c1-37(2)57(62)70-35-49(60)33-66-39(5)29-64-41(7)31-68-51-23-19-43-25-47(21-17-45(43)27-51)59(55-15-11-9-13-53(55)54-14-10-12-16-56(54)59)48-22-18-46-28-52(24-20-44(46)26-48)69-32-42(8)65-30-40(6)67-34-50(61)36-71-58(63)38(3)4/h9-28,39-42,49-50,60-61H,1,3,29-36H2,2,4-8H3. The van der Waals surface area contributed by atoms with Crippen LogP contribution in [0.5, 0.6) is 11.5 Å². The third-order valence-corrected chi connectivity index (χ3v) is 12.3. The number of ether oxygens (including phenoxy) is 8. The highest BCUT2D eigenvalue weighted by Crippen LogP contribution is 2.56. The summed E-state index contributed by atoms with van der Waals surface area (Å²) in [6.45, 7) is 18.7. The van der Waals surface area contributed by atoms with E-state index in [0.29, 0.717) is 26.4 Å². The highest BCUT2D eigenvalue weighted by atomic mass is 16.6. The van der Waals surface area contributed by atoms with E-state index in [4.69, 9.17) is 37.9 Å². The van der Waals surface area contributed by atoms with Crippen molar-refractivity contribution in [3.63, 3.8) is 0 Å². The van der Waals surface area contributed by atoms with E-state index in [1.54, 1.807) is 13.8 Å². The molecule has 0 spiro atoms. The molecule has 6 unspecified atom stereocenters. The number of fused-ring (bicyclic) bond motifs is 5. The molecule has 6 aromatic carbocycles. The maximum atomic E-state index is 11.6. The fourth-order valence-corrected chi connectivity index (χ4v) is 8.57. The van der Waals surface area contributed by atoms with Crippen LogP contribution in [0.25, 0.3) is 32.7 Å². The van der Waals surface area contributed by atoms with Crippen molar-refractivity contribution in [2.45, 2.75) is 83.6 Å². The highest BCUT2D eigenvalue weighted by Gasteiger charge is 2.46. The molecule has 1 aliphatic rings. The van der Waals surface area contributed by atoms with Crippen molar-refractivity contribution in [1.82, 2.24) is 0 Å². The second-order valence-electron chi connectivity index (χ2n) is 18.6. The zero-order chi connectivity index (χ0) is 50.7. The van der Waals surface area contributed by atoms with Crippen LogP contribution in [-0.2, 0) is 43.4 Å². The minimum atomic E-state index is -0.952. The number of aliphatic hydroxyl groups excluding tert-OH is 2. The monoisotopic (exact) mass is 966 g/mol. The molecule has 0 saturated heterocycles. The van der Waals surface area contributed by atoms with Crippen LogP contribution in [-0.4, -0.2) is 112 Å². The SMILES string of the molecule is C=C(C)C(=O)OCC(O)COC(C)COC(C)COc1ccc2cc(C3(c4ccc5cc(OCC(C)OCC(C)OCC(O)COC(=O)C(=C)C)ccc5c4)c4ccccc4-c4ccccc43)ccc2c1. The average Bonchev–Trinajstić information content (AvgIpc) is 3.68. The van der Waals surface area contributed by atoms with Gasteiger partial charge in [0.2, 0.25) is 0 Å². The fraction of sp³-hybridized carbons (Fsp3) is 0.356. The normalized spacial score (nSPS) is 15.2. The molecule has 0 aromatic heterocycles. The number of rotatable bonds is 26. The number of esters is 2. The first-order valence-electron chi connectivity index (χ1n) is 24.1. The zero-order valence-corrected chi connectivity index (χ0v) is 41.6. The second kappa shape index (κ2) is 24.2. The molecule has 7 rings (SSSR count). The zero-order valence-electron chi connectivity index (χ0n) is 41.6. The first kappa shape index (κ1) is 52.4.